The minimum Gasteiger partial charge on any atom is -0.420 e. The first kappa shape index (κ1) is 14.0. The molecule has 0 amide bonds. The van der Waals surface area contributed by atoms with E-state index in [1.165, 1.54) is 0 Å². The molecule has 0 bridgehead atoms. The van der Waals surface area contributed by atoms with Gasteiger partial charge in [0.15, 0.2) is 0 Å². The molecule has 3 heterocycles. The average molecular weight is 288 g/mol. The molecular formula is C15H20N4O2. The van der Waals surface area contributed by atoms with Crippen molar-refractivity contribution in [2.45, 2.75) is 51.0 Å². The molecule has 1 aromatic rings. The molecule has 3 rings (SSSR count). The SMILES string of the molecule is CCCCc1[nH]nc2c1[C@@]1(CCO[C@H]1C)C(C#N)=C(N)O2. The number of nitriles is 1. The number of hydrogen-bond donors (Lipinski definition) is 2. The van der Waals surface area contributed by atoms with E-state index in [0.29, 0.717) is 18.1 Å². The highest BCUT2D eigenvalue weighted by molar-refractivity contribution is 5.56. The van der Waals surface area contributed by atoms with Gasteiger partial charge in [-0.05, 0) is 26.2 Å². The number of nitrogens with zero attached hydrogens (tertiary/aromatic N) is 2. The van der Waals surface area contributed by atoms with Gasteiger partial charge in [0.25, 0.3) is 0 Å². The molecule has 0 radical (unpaired) electrons. The maximum atomic E-state index is 9.58. The summed E-state index contributed by atoms with van der Waals surface area (Å²) in [7, 11) is 0. The first-order chi connectivity index (χ1) is 10.1. The summed E-state index contributed by atoms with van der Waals surface area (Å²) in [5, 5.41) is 16.9. The number of H-pyrrole nitrogens is 1. The zero-order valence-corrected chi connectivity index (χ0v) is 12.4. The van der Waals surface area contributed by atoms with Crippen LogP contribution in [0, 0.1) is 11.3 Å². The Bertz CT molecular complexity index is 628. The predicted octanol–water partition coefficient (Wildman–Crippen LogP) is 1.89. The predicted molar refractivity (Wildman–Crippen MR) is 76.4 cm³/mol. The highest BCUT2D eigenvalue weighted by atomic mass is 16.5. The smallest absolute Gasteiger partial charge is 0.244 e. The van der Waals surface area contributed by atoms with Gasteiger partial charge in [-0.2, -0.15) is 5.26 Å². The van der Waals surface area contributed by atoms with Crippen molar-refractivity contribution in [1.82, 2.24) is 10.2 Å². The first-order valence-electron chi connectivity index (χ1n) is 7.42. The van der Waals surface area contributed by atoms with Crippen LogP contribution in [-0.4, -0.2) is 22.9 Å². The van der Waals surface area contributed by atoms with Crippen LogP contribution < -0.4 is 10.5 Å². The lowest BCUT2D eigenvalue weighted by Crippen LogP contribution is -2.41. The molecule has 0 aliphatic carbocycles. The van der Waals surface area contributed by atoms with Gasteiger partial charge >= 0.3 is 0 Å². The summed E-state index contributed by atoms with van der Waals surface area (Å²) in [6, 6.07) is 2.24. The van der Waals surface area contributed by atoms with E-state index in [1.807, 2.05) is 6.92 Å². The van der Waals surface area contributed by atoms with Gasteiger partial charge in [-0.1, -0.05) is 13.3 Å². The number of aromatic amines is 1. The van der Waals surface area contributed by atoms with Gasteiger partial charge in [0.2, 0.25) is 11.8 Å². The van der Waals surface area contributed by atoms with Crippen molar-refractivity contribution in [3.63, 3.8) is 0 Å². The van der Waals surface area contributed by atoms with Crippen LogP contribution in [0.5, 0.6) is 5.88 Å². The van der Waals surface area contributed by atoms with Gasteiger partial charge < -0.3 is 15.2 Å². The van der Waals surface area contributed by atoms with Crippen molar-refractivity contribution in [2.75, 3.05) is 6.61 Å². The van der Waals surface area contributed by atoms with Crippen molar-refractivity contribution in [1.29, 1.82) is 5.26 Å². The van der Waals surface area contributed by atoms with Gasteiger partial charge in [0, 0.05) is 12.3 Å². The molecule has 6 nitrogen and oxygen atoms in total. The number of aromatic nitrogens is 2. The zero-order valence-electron chi connectivity index (χ0n) is 12.4. The molecular weight excluding hydrogens is 268 g/mol. The van der Waals surface area contributed by atoms with E-state index in [9.17, 15) is 5.26 Å². The van der Waals surface area contributed by atoms with Crippen LogP contribution in [0.15, 0.2) is 11.5 Å². The summed E-state index contributed by atoms with van der Waals surface area (Å²) < 4.78 is 11.3. The lowest BCUT2D eigenvalue weighted by Gasteiger charge is -2.35. The Morgan fingerprint density at radius 3 is 3.00 bits per heavy atom. The molecule has 2 aliphatic heterocycles. The Hall–Kier alpha value is -2.00. The normalized spacial score (nSPS) is 27.6. The van der Waals surface area contributed by atoms with E-state index in [2.05, 4.69) is 23.2 Å². The fourth-order valence-corrected chi connectivity index (χ4v) is 3.48. The minimum atomic E-state index is -0.525. The number of fused-ring (bicyclic) bond motifs is 2. The van der Waals surface area contributed by atoms with Crippen molar-refractivity contribution >= 4 is 0 Å². The van der Waals surface area contributed by atoms with E-state index >= 15 is 0 Å². The summed E-state index contributed by atoms with van der Waals surface area (Å²) in [6.45, 7) is 4.75. The Morgan fingerprint density at radius 1 is 1.57 bits per heavy atom. The minimum absolute atomic E-state index is 0.119. The van der Waals surface area contributed by atoms with Gasteiger partial charge in [0.05, 0.1) is 17.1 Å². The molecule has 112 valence electrons. The van der Waals surface area contributed by atoms with Crippen LogP contribution in [-0.2, 0) is 16.6 Å². The van der Waals surface area contributed by atoms with Gasteiger partial charge in [-0.3, -0.25) is 5.10 Å². The van der Waals surface area contributed by atoms with Gasteiger partial charge in [-0.15, -0.1) is 5.10 Å². The Balaban J connectivity index is 2.17. The second kappa shape index (κ2) is 5.08. The summed E-state index contributed by atoms with van der Waals surface area (Å²) in [4.78, 5) is 0. The van der Waals surface area contributed by atoms with Crippen LogP contribution >= 0.6 is 0 Å². The number of ether oxygens (including phenoxy) is 2. The summed E-state index contributed by atoms with van der Waals surface area (Å²) in [5.74, 6) is 0.644. The van der Waals surface area contributed by atoms with Crippen LogP contribution in [0.1, 0.15) is 44.4 Å². The van der Waals surface area contributed by atoms with E-state index < -0.39 is 5.41 Å². The second-order valence-electron chi connectivity index (χ2n) is 5.67. The highest BCUT2D eigenvalue weighted by Gasteiger charge is 2.54. The molecule has 1 fully saturated rings. The fourth-order valence-electron chi connectivity index (χ4n) is 3.48. The quantitative estimate of drug-likeness (QED) is 0.885. The summed E-state index contributed by atoms with van der Waals surface area (Å²) in [6.07, 6.45) is 3.64. The fraction of sp³-hybridized carbons (Fsp3) is 0.600. The molecule has 1 spiro atoms. The topological polar surface area (TPSA) is 97.0 Å². The number of nitrogens with two attached hydrogens (primary N) is 1. The molecule has 2 atom stereocenters. The van der Waals surface area contributed by atoms with Crippen LogP contribution in [0.2, 0.25) is 0 Å². The van der Waals surface area contributed by atoms with Crippen LogP contribution in [0.25, 0.3) is 0 Å². The molecule has 0 aromatic carbocycles. The molecule has 21 heavy (non-hydrogen) atoms. The lowest BCUT2D eigenvalue weighted by molar-refractivity contribution is 0.0996. The van der Waals surface area contributed by atoms with Crippen molar-refractivity contribution in [2.24, 2.45) is 5.73 Å². The van der Waals surface area contributed by atoms with Crippen LogP contribution in [0.4, 0.5) is 0 Å². The number of nitrogens with one attached hydrogen (secondary N) is 1. The summed E-state index contributed by atoms with van der Waals surface area (Å²) >= 11 is 0. The average Bonchev–Trinajstić information content (AvgIpc) is 3.02. The van der Waals surface area contributed by atoms with E-state index in [4.69, 9.17) is 15.2 Å². The Morgan fingerprint density at radius 2 is 2.38 bits per heavy atom. The van der Waals surface area contributed by atoms with Gasteiger partial charge in [0.1, 0.15) is 11.6 Å². The van der Waals surface area contributed by atoms with Gasteiger partial charge in [-0.25, -0.2) is 0 Å². The maximum absolute atomic E-state index is 9.58. The summed E-state index contributed by atoms with van der Waals surface area (Å²) in [5.41, 5.74) is 7.90. The van der Waals surface area contributed by atoms with Crippen LogP contribution in [0.3, 0.4) is 0 Å². The maximum Gasteiger partial charge on any atom is 0.244 e. The van der Waals surface area contributed by atoms with E-state index in [0.717, 1.165) is 36.9 Å². The third-order valence-electron chi connectivity index (χ3n) is 4.60. The van der Waals surface area contributed by atoms with Crippen molar-refractivity contribution < 1.29 is 9.47 Å². The lowest BCUT2D eigenvalue weighted by atomic mass is 9.68. The first-order valence-corrected chi connectivity index (χ1v) is 7.42. The number of unbranched alkanes of at least 4 members (excludes halogenated alkanes) is 1. The molecule has 0 unspecified atom stereocenters. The van der Waals surface area contributed by atoms with Crippen molar-refractivity contribution in [3.05, 3.63) is 22.7 Å². The Kier molecular flexibility index (Phi) is 3.38. The monoisotopic (exact) mass is 288 g/mol. The zero-order chi connectivity index (χ0) is 15.0. The standard InChI is InChI=1S/C15H20N4O2/c1-3-4-5-11-12-14(19-18-11)21-13(17)10(8-16)15(12)6-7-20-9(15)2/h9H,3-7,17H2,1-2H3,(H,18,19)/t9-,15+/m0/s1. The van der Waals surface area contributed by atoms with E-state index in [1.54, 1.807) is 0 Å². The third-order valence-corrected chi connectivity index (χ3v) is 4.60. The molecule has 2 aliphatic rings. The molecule has 0 saturated carbocycles. The third kappa shape index (κ3) is 1.84. The molecule has 1 aromatic heterocycles. The molecule has 1 saturated heterocycles. The van der Waals surface area contributed by atoms with Crippen molar-refractivity contribution in [3.8, 4) is 11.9 Å². The number of hydrogen-bond acceptors (Lipinski definition) is 5. The largest absolute Gasteiger partial charge is 0.420 e. The van der Waals surface area contributed by atoms with E-state index in [-0.39, 0.29) is 12.0 Å². The highest BCUT2D eigenvalue weighted by Crippen LogP contribution is 2.51. The number of rotatable bonds is 3. The molecule has 6 heteroatoms. The molecule has 3 N–H and O–H groups in total. The number of aryl methyl sites for hydroxylation is 1. The Labute approximate surface area is 123 Å². The second-order valence-corrected chi connectivity index (χ2v) is 5.67.